The Bertz CT molecular complexity index is 487. The molecule has 2 heterocycles. The molecule has 22 heavy (non-hydrogen) atoms. The van der Waals surface area contributed by atoms with Crippen LogP contribution < -0.4 is 0 Å². The van der Waals surface area contributed by atoms with Crippen molar-refractivity contribution >= 4 is 5.91 Å². The average molecular weight is 313 g/mol. The smallest absolute Gasteiger partial charge is 0.274 e. The van der Waals surface area contributed by atoms with Crippen molar-refractivity contribution in [2.75, 3.05) is 6.54 Å². The minimum Gasteiger partial charge on any atom is -0.334 e. The lowest BCUT2D eigenvalue weighted by molar-refractivity contribution is 0.0651. The van der Waals surface area contributed by atoms with Crippen LogP contribution in [-0.2, 0) is 6.54 Å². The Hall–Kier alpha value is -1.46. The molecule has 1 fully saturated rings. The van der Waals surface area contributed by atoms with Crippen molar-refractivity contribution in [1.82, 2.24) is 14.7 Å². The molecule has 0 saturated carbocycles. The summed E-state index contributed by atoms with van der Waals surface area (Å²) < 4.78 is 25.9. The molecule has 1 aromatic heterocycles. The Morgan fingerprint density at radius 2 is 2.14 bits per heavy atom. The molecule has 0 unspecified atom stereocenters. The second kappa shape index (κ2) is 7.70. The van der Waals surface area contributed by atoms with Crippen molar-refractivity contribution < 1.29 is 13.6 Å². The Labute approximate surface area is 130 Å². The minimum absolute atomic E-state index is 0.124. The monoisotopic (exact) mass is 313 g/mol. The molecule has 0 aliphatic carbocycles. The maximum absolute atomic E-state index is 12.7. The SMILES string of the molecule is CC(C)C[C@@H]1CCCCCN1C(=O)c1ccn(CC(F)F)n1. The quantitative estimate of drug-likeness (QED) is 0.833. The lowest BCUT2D eigenvalue weighted by atomic mass is 9.98. The van der Waals surface area contributed by atoms with Crippen LogP contribution in [0, 0.1) is 5.92 Å². The van der Waals surface area contributed by atoms with E-state index in [0.29, 0.717) is 5.92 Å². The van der Waals surface area contributed by atoms with E-state index < -0.39 is 13.0 Å². The summed E-state index contributed by atoms with van der Waals surface area (Å²) in [6.45, 7) is 4.58. The van der Waals surface area contributed by atoms with E-state index in [1.165, 1.54) is 6.20 Å². The number of carbonyl (C=O) groups is 1. The van der Waals surface area contributed by atoms with E-state index >= 15 is 0 Å². The highest BCUT2D eigenvalue weighted by Crippen LogP contribution is 2.23. The van der Waals surface area contributed by atoms with Gasteiger partial charge in [-0.3, -0.25) is 9.48 Å². The zero-order chi connectivity index (χ0) is 16.1. The molecule has 1 aliphatic heterocycles. The van der Waals surface area contributed by atoms with Gasteiger partial charge in [0, 0.05) is 18.8 Å². The maximum atomic E-state index is 12.7. The molecule has 1 saturated heterocycles. The number of likely N-dealkylation sites (tertiary alicyclic amines) is 1. The number of carbonyl (C=O) groups excluding carboxylic acids is 1. The van der Waals surface area contributed by atoms with Gasteiger partial charge < -0.3 is 4.90 Å². The summed E-state index contributed by atoms with van der Waals surface area (Å²) in [4.78, 5) is 14.6. The Morgan fingerprint density at radius 1 is 1.36 bits per heavy atom. The third-order valence-corrected chi connectivity index (χ3v) is 4.07. The third kappa shape index (κ3) is 4.52. The van der Waals surface area contributed by atoms with Crippen molar-refractivity contribution in [3.05, 3.63) is 18.0 Å². The van der Waals surface area contributed by atoms with Gasteiger partial charge in [-0.2, -0.15) is 5.10 Å². The van der Waals surface area contributed by atoms with E-state index in [9.17, 15) is 13.6 Å². The van der Waals surface area contributed by atoms with Gasteiger partial charge in [-0.25, -0.2) is 8.78 Å². The number of nitrogens with zero attached hydrogens (tertiary/aromatic N) is 3. The number of aromatic nitrogens is 2. The van der Waals surface area contributed by atoms with Crippen molar-refractivity contribution in [3.8, 4) is 0 Å². The summed E-state index contributed by atoms with van der Waals surface area (Å²) in [6.07, 6.45) is 4.26. The van der Waals surface area contributed by atoms with Crippen LogP contribution in [-0.4, -0.2) is 39.6 Å². The first kappa shape index (κ1) is 16.9. The zero-order valence-corrected chi connectivity index (χ0v) is 13.3. The molecular weight excluding hydrogens is 288 g/mol. The molecule has 1 aromatic rings. The molecule has 6 heteroatoms. The van der Waals surface area contributed by atoms with Crippen LogP contribution >= 0.6 is 0 Å². The summed E-state index contributed by atoms with van der Waals surface area (Å²) in [7, 11) is 0. The van der Waals surface area contributed by atoms with Crippen LogP contribution in [0.25, 0.3) is 0 Å². The molecule has 2 rings (SSSR count). The predicted molar refractivity (Wildman–Crippen MR) is 81.0 cm³/mol. The predicted octanol–water partition coefficient (Wildman–Crippen LogP) is 3.58. The number of alkyl halides is 2. The highest BCUT2D eigenvalue weighted by molar-refractivity contribution is 5.92. The van der Waals surface area contributed by atoms with Gasteiger partial charge in [0.15, 0.2) is 0 Å². The molecule has 1 atom stereocenters. The first-order chi connectivity index (χ1) is 10.5. The molecule has 0 spiro atoms. The molecule has 1 aliphatic rings. The lowest BCUT2D eigenvalue weighted by Crippen LogP contribution is -2.41. The van der Waals surface area contributed by atoms with E-state index in [1.807, 2.05) is 4.90 Å². The van der Waals surface area contributed by atoms with Gasteiger partial charge in [-0.15, -0.1) is 0 Å². The Balaban J connectivity index is 2.11. The van der Waals surface area contributed by atoms with Gasteiger partial charge >= 0.3 is 0 Å². The van der Waals surface area contributed by atoms with Gasteiger partial charge in [0.2, 0.25) is 0 Å². The first-order valence-corrected chi connectivity index (χ1v) is 8.10. The minimum atomic E-state index is -2.46. The second-order valence-corrected chi connectivity index (χ2v) is 6.45. The molecule has 0 aromatic carbocycles. The van der Waals surface area contributed by atoms with Gasteiger partial charge in [-0.05, 0) is 31.2 Å². The standard InChI is InChI=1S/C16H25F2N3O/c1-12(2)10-13-6-4-3-5-8-21(13)16(22)14-7-9-20(19-14)11-15(17)18/h7,9,12-13,15H,3-6,8,10-11H2,1-2H3/t13-/m0/s1. The van der Waals surface area contributed by atoms with Crippen LogP contribution in [0.15, 0.2) is 12.3 Å². The number of halogens is 2. The van der Waals surface area contributed by atoms with Crippen molar-refractivity contribution in [2.24, 2.45) is 5.92 Å². The highest BCUT2D eigenvalue weighted by Gasteiger charge is 2.28. The van der Waals surface area contributed by atoms with Crippen LogP contribution in [0.2, 0.25) is 0 Å². The van der Waals surface area contributed by atoms with Gasteiger partial charge in [-0.1, -0.05) is 26.7 Å². The van der Waals surface area contributed by atoms with Crippen LogP contribution in [0.5, 0.6) is 0 Å². The van der Waals surface area contributed by atoms with Crippen molar-refractivity contribution in [2.45, 2.75) is 65.0 Å². The summed E-state index contributed by atoms with van der Waals surface area (Å²) in [6, 6.07) is 1.78. The van der Waals surface area contributed by atoms with E-state index in [0.717, 1.165) is 43.3 Å². The van der Waals surface area contributed by atoms with E-state index in [-0.39, 0.29) is 17.6 Å². The molecule has 4 nitrogen and oxygen atoms in total. The van der Waals surface area contributed by atoms with Gasteiger partial charge in [0.1, 0.15) is 12.2 Å². The zero-order valence-electron chi connectivity index (χ0n) is 13.3. The van der Waals surface area contributed by atoms with Crippen LogP contribution in [0.4, 0.5) is 8.78 Å². The van der Waals surface area contributed by atoms with Crippen LogP contribution in [0.3, 0.4) is 0 Å². The molecule has 1 amide bonds. The summed E-state index contributed by atoms with van der Waals surface area (Å²) in [5, 5.41) is 4.02. The van der Waals surface area contributed by atoms with Crippen molar-refractivity contribution in [3.63, 3.8) is 0 Å². The van der Waals surface area contributed by atoms with Gasteiger partial charge in [0.05, 0.1) is 0 Å². The average Bonchev–Trinajstić information content (AvgIpc) is 2.76. The topological polar surface area (TPSA) is 38.1 Å². The second-order valence-electron chi connectivity index (χ2n) is 6.45. The van der Waals surface area contributed by atoms with E-state index in [2.05, 4.69) is 18.9 Å². The summed E-state index contributed by atoms with van der Waals surface area (Å²) in [5.74, 6) is 0.398. The molecule has 0 bridgehead atoms. The summed E-state index contributed by atoms with van der Waals surface area (Å²) in [5.41, 5.74) is 0.274. The molecule has 0 radical (unpaired) electrons. The van der Waals surface area contributed by atoms with E-state index in [4.69, 9.17) is 0 Å². The highest BCUT2D eigenvalue weighted by atomic mass is 19.3. The Morgan fingerprint density at radius 3 is 2.82 bits per heavy atom. The number of amides is 1. The van der Waals surface area contributed by atoms with Crippen molar-refractivity contribution in [1.29, 1.82) is 0 Å². The third-order valence-electron chi connectivity index (χ3n) is 4.07. The number of rotatable bonds is 5. The fourth-order valence-electron chi connectivity index (χ4n) is 3.10. The van der Waals surface area contributed by atoms with Crippen LogP contribution in [0.1, 0.15) is 56.4 Å². The Kier molecular flexibility index (Phi) is 5.91. The normalized spacial score (nSPS) is 19.7. The number of hydrogen-bond donors (Lipinski definition) is 0. The largest absolute Gasteiger partial charge is 0.334 e. The molecular formula is C16H25F2N3O. The maximum Gasteiger partial charge on any atom is 0.274 e. The fraction of sp³-hybridized carbons (Fsp3) is 0.750. The lowest BCUT2D eigenvalue weighted by Gasteiger charge is -2.30. The van der Waals surface area contributed by atoms with E-state index in [1.54, 1.807) is 6.07 Å². The molecule has 0 N–H and O–H groups in total. The number of hydrogen-bond acceptors (Lipinski definition) is 2. The molecule has 124 valence electrons. The first-order valence-electron chi connectivity index (χ1n) is 8.10. The summed E-state index contributed by atoms with van der Waals surface area (Å²) >= 11 is 0. The van der Waals surface area contributed by atoms with Gasteiger partial charge in [0.25, 0.3) is 12.3 Å². The fourth-order valence-corrected chi connectivity index (χ4v) is 3.10.